The second-order valence-electron chi connectivity index (χ2n) is 7.50. The summed E-state index contributed by atoms with van der Waals surface area (Å²) in [5.74, 6) is -0.0388. The van der Waals surface area contributed by atoms with Gasteiger partial charge in [-0.15, -0.1) is 0 Å². The summed E-state index contributed by atoms with van der Waals surface area (Å²) in [5.41, 5.74) is 5.88. The lowest BCUT2D eigenvalue weighted by molar-refractivity contribution is -0.115. The van der Waals surface area contributed by atoms with E-state index in [0.717, 1.165) is 56.0 Å². The zero-order valence-corrected chi connectivity index (χ0v) is 15.3. The fourth-order valence-corrected chi connectivity index (χ4v) is 4.34. The van der Waals surface area contributed by atoms with Gasteiger partial charge in [-0.05, 0) is 23.6 Å². The average molecular weight is 360 g/mol. The topological polar surface area (TPSA) is 47.6 Å². The molecule has 0 saturated carbocycles. The summed E-state index contributed by atoms with van der Waals surface area (Å²) in [6, 6.07) is 8.95. The monoisotopic (exact) mass is 360 g/mol. The lowest BCUT2D eigenvalue weighted by atomic mass is 10.0. The Balaban J connectivity index is 1.36. The Morgan fingerprint density at radius 2 is 1.96 bits per heavy atom. The van der Waals surface area contributed by atoms with Gasteiger partial charge in [0.2, 0.25) is 5.91 Å². The van der Waals surface area contributed by atoms with Crippen LogP contribution in [0.15, 0.2) is 71.7 Å². The summed E-state index contributed by atoms with van der Waals surface area (Å²) < 4.78 is 0. The molecule has 0 fully saturated rings. The van der Waals surface area contributed by atoms with Crippen LogP contribution in [0.2, 0.25) is 0 Å². The van der Waals surface area contributed by atoms with Crippen molar-refractivity contribution in [3.05, 3.63) is 82.9 Å². The van der Waals surface area contributed by atoms with Gasteiger partial charge in [-0.3, -0.25) is 9.69 Å². The smallest absolute Gasteiger partial charge is 0.248 e. The molecule has 0 radical (unpaired) electrons. The molecule has 4 heterocycles. The van der Waals surface area contributed by atoms with Gasteiger partial charge in [0.25, 0.3) is 0 Å². The van der Waals surface area contributed by atoms with Gasteiger partial charge in [-0.25, -0.2) is 0 Å². The van der Waals surface area contributed by atoms with Crippen molar-refractivity contribution < 1.29 is 4.79 Å². The van der Waals surface area contributed by atoms with E-state index in [4.69, 9.17) is 0 Å². The fourth-order valence-electron chi connectivity index (χ4n) is 4.34. The Morgan fingerprint density at radius 1 is 1.07 bits per heavy atom. The SMILES string of the molecule is O=C1C=CC2=CNC(c3ccc(CN4CC=CCC4)cc3)N3CCC(=C23)N1. The van der Waals surface area contributed by atoms with E-state index >= 15 is 0 Å². The van der Waals surface area contributed by atoms with Gasteiger partial charge in [0.1, 0.15) is 6.17 Å². The van der Waals surface area contributed by atoms with E-state index in [9.17, 15) is 4.79 Å². The molecule has 1 atom stereocenters. The van der Waals surface area contributed by atoms with Gasteiger partial charge < -0.3 is 15.5 Å². The third-order valence-electron chi connectivity index (χ3n) is 5.69. The van der Waals surface area contributed by atoms with Gasteiger partial charge in [0.05, 0.1) is 5.70 Å². The maximum atomic E-state index is 11.9. The molecule has 0 bridgehead atoms. The number of carbonyl (C=O) groups excluding carboxylic acids is 1. The second kappa shape index (κ2) is 6.74. The zero-order chi connectivity index (χ0) is 18.2. The van der Waals surface area contributed by atoms with Crippen molar-refractivity contribution >= 4 is 5.91 Å². The van der Waals surface area contributed by atoms with Crippen molar-refractivity contribution in [1.82, 2.24) is 20.4 Å². The first-order valence-corrected chi connectivity index (χ1v) is 9.69. The summed E-state index contributed by atoms with van der Waals surface area (Å²) in [4.78, 5) is 16.7. The van der Waals surface area contributed by atoms with E-state index in [0.29, 0.717) is 0 Å². The van der Waals surface area contributed by atoms with Crippen molar-refractivity contribution in [3.63, 3.8) is 0 Å². The highest BCUT2D eigenvalue weighted by atomic mass is 16.1. The minimum Gasteiger partial charge on any atom is -0.367 e. The number of hydrogen-bond donors (Lipinski definition) is 2. The third kappa shape index (κ3) is 3.08. The average Bonchev–Trinajstić information content (AvgIpc) is 3.04. The number of amides is 1. The molecule has 0 spiro atoms. The van der Waals surface area contributed by atoms with Crippen LogP contribution in [0.1, 0.15) is 30.1 Å². The molecular weight excluding hydrogens is 336 g/mol. The number of rotatable bonds is 3. The van der Waals surface area contributed by atoms with Crippen LogP contribution in [0.5, 0.6) is 0 Å². The Kier molecular flexibility index (Phi) is 4.09. The molecule has 1 aromatic rings. The van der Waals surface area contributed by atoms with Crippen LogP contribution in [0.3, 0.4) is 0 Å². The summed E-state index contributed by atoms with van der Waals surface area (Å²) in [6.45, 7) is 4.10. The van der Waals surface area contributed by atoms with Crippen molar-refractivity contribution in [2.75, 3.05) is 19.6 Å². The van der Waals surface area contributed by atoms with Crippen LogP contribution >= 0.6 is 0 Å². The summed E-state index contributed by atoms with van der Waals surface area (Å²) in [5, 5.41) is 6.55. The van der Waals surface area contributed by atoms with Crippen LogP contribution in [-0.2, 0) is 11.3 Å². The molecule has 5 rings (SSSR count). The van der Waals surface area contributed by atoms with Crippen LogP contribution < -0.4 is 10.6 Å². The summed E-state index contributed by atoms with van der Waals surface area (Å²) in [7, 11) is 0. The highest BCUT2D eigenvalue weighted by molar-refractivity contribution is 5.90. The first-order chi connectivity index (χ1) is 13.3. The molecule has 0 aliphatic carbocycles. The molecule has 0 aromatic heterocycles. The Bertz CT molecular complexity index is 878. The van der Waals surface area contributed by atoms with Crippen molar-refractivity contribution in [1.29, 1.82) is 0 Å². The van der Waals surface area contributed by atoms with E-state index in [2.05, 4.69) is 56.9 Å². The number of allylic oxidation sites excluding steroid dienone is 1. The predicted octanol–water partition coefficient (Wildman–Crippen LogP) is 2.54. The normalized spacial score (nSPS) is 24.3. The molecular formula is C22H24N4O. The van der Waals surface area contributed by atoms with Crippen molar-refractivity contribution in [2.45, 2.75) is 25.6 Å². The van der Waals surface area contributed by atoms with E-state index in [1.165, 1.54) is 11.1 Å². The van der Waals surface area contributed by atoms with Gasteiger partial charge in [0, 0.05) is 56.1 Å². The minimum atomic E-state index is -0.0388. The number of nitrogens with zero attached hydrogens (tertiary/aromatic N) is 2. The molecule has 1 unspecified atom stereocenters. The first-order valence-electron chi connectivity index (χ1n) is 9.69. The third-order valence-corrected chi connectivity index (χ3v) is 5.69. The second-order valence-corrected chi connectivity index (χ2v) is 7.50. The Labute approximate surface area is 159 Å². The molecule has 1 aromatic carbocycles. The van der Waals surface area contributed by atoms with Gasteiger partial charge in [0.15, 0.2) is 0 Å². The van der Waals surface area contributed by atoms with Crippen LogP contribution in [-0.4, -0.2) is 35.3 Å². The van der Waals surface area contributed by atoms with Crippen molar-refractivity contribution in [2.24, 2.45) is 0 Å². The Morgan fingerprint density at radius 3 is 2.78 bits per heavy atom. The maximum absolute atomic E-state index is 11.9. The van der Waals surface area contributed by atoms with Crippen LogP contribution in [0, 0.1) is 0 Å². The van der Waals surface area contributed by atoms with E-state index < -0.39 is 0 Å². The van der Waals surface area contributed by atoms with Crippen LogP contribution in [0.4, 0.5) is 0 Å². The van der Waals surface area contributed by atoms with Gasteiger partial charge >= 0.3 is 0 Å². The highest BCUT2D eigenvalue weighted by Crippen LogP contribution is 2.38. The first kappa shape index (κ1) is 16.4. The minimum absolute atomic E-state index is 0.0388. The largest absolute Gasteiger partial charge is 0.367 e. The summed E-state index contributed by atoms with van der Waals surface area (Å²) >= 11 is 0. The highest BCUT2D eigenvalue weighted by Gasteiger charge is 2.34. The van der Waals surface area contributed by atoms with Gasteiger partial charge in [-0.1, -0.05) is 36.4 Å². The Hall–Kier alpha value is -2.79. The fraction of sp³-hybridized carbons (Fsp3) is 0.318. The number of nitrogens with one attached hydrogen (secondary N) is 2. The molecule has 1 amide bonds. The lowest BCUT2D eigenvalue weighted by Gasteiger charge is -2.37. The molecule has 5 heteroatoms. The molecule has 27 heavy (non-hydrogen) atoms. The number of benzene rings is 1. The zero-order valence-electron chi connectivity index (χ0n) is 15.3. The van der Waals surface area contributed by atoms with E-state index in [1.807, 2.05) is 12.3 Å². The molecule has 4 aliphatic heterocycles. The van der Waals surface area contributed by atoms with Crippen LogP contribution in [0.25, 0.3) is 0 Å². The molecule has 138 valence electrons. The standard InChI is InChI=1S/C22H24N4O/c27-20-9-8-18-14-23-22(26-13-10-19(24-20)21(18)26)17-6-4-16(5-7-17)15-25-11-2-1-3-12-25/h1-2,4-9,14,22-23H,3,10-13,15H2,(H,24,27). The van der Waals surface area contributed by atoms with E-state index in [1.54, 1.807) is 6.08 Å². The predicted molar refractivity (Wildman–Crippen MR) is 105 cm³/mol. The molecule has 2 N–H and O–H groups in total. The lowest BCUT2D eigenvalue weighted by Crippen LogP contribution is -2.38. The molecule has 0 saturated heterocycles. The summed E-state index contributed by atoms with van der Waals surface area (Å²) in [6.07, 6.45) is 12.2. The molecule has 5 nitrogen and oxygen atoms in total. The molecule has 4 aliphatic rings. The quantitative estimate of drug-likeness (QED) is 0.814. The van der Waals surface area contributed by atoms with Crippen molar-refractivity contribution in [3.8, 4) is 0 Å². The maximum Gasteiger partial charge on any atom is 0.248 e. The number of hydrogen-bond acceptors (Lipinski definition) is 4. The number of carbonyl (C=O) groups is 1. The van der Waals surface area contributed by atoms with Gasteiger partial charge in [-0.2, -0.15) is 0 Å². The van der Waals surface area contributed by atoms with E-state index in [-0.39, 0.29) is 12.1 Å².